The van der Waals surface area contributed by atoms with Crippen LogP contribution in [0.3, 0.4) is 0 Å². The number of nitrogens with zero attached hydrogens (tertiary/aromatic N) is 3. The zero-order valence-corrected chi connectivity index (χ0v) is 16.5. The number of benzene rings is 2. The maximum absolute atomic E-state index is 12.3. The molecule has 1 aromatic heterocycles. The molecule has 2 amide bonds. The first kappa shape index (κ1) is 19.2. The molecule has 2 heterocycles. The van der Waals surface area contributed by atoms with Gasteiger partial charge in [0.25, 0.3) is 0 Å². The highest BCUT2D eigenvalue weighted by molar-refractivity contribution is 7.99. The Morgan fingerprint density at radius 3 is 2.59 bits per heavy atom. The molecule has 1 aliphatic rings. The number of amides is 2. The number of rotatable bonds is 7. The Bertz CT molecular complexity index is 978. The second kappa shape index (κ2) is 8.91. The number of nitrogens with one attached hydrogen (secondary N) is 1. The lowest BCUT2D eigenvalue weighted by atomic mass is 10.1. The van der Waals surface area contributed by atoms with Crippen molar-refractivity contribution in [1.29, 1.82) is 0 Å². The number of hydrogen-bond donors (Lipinski definition) is 1. The summed E-state index contributed by atoms with van der Waals surface area (Å²) in [4.78, 5) is 27.3. The van der Waals surface area contributed by atoms with Crippen molar-refractivity contribution in [2.24, 2.45) is 0 Å². The second-order valence-electron chi connectivity index (χ2n) is 6.65. The Balaban J connectivity index is 1.29. The van der Waals surface area contributed by atoms with Gasteiger partial charge < -0.3 is 9.32 Å². The van der Waals surface area contributed by atoms with E-state index in [1.165, 1.54) is 0 Å². The molecule has 148 valence electrons. The summed E-state index contributed by atoms with van der Waals surface area (Å²) in [6.45, 7) is 0.478. The Hall–Kier alpha value is -3.13. The van der Waals surface area contributed by atoms with E-state index in [0.717, 1.165) is 10.6 Å². The summed E-state index contributed by atoms with van der Waals surface area (Å²) in [5.74, 6) is 0.667. The van der Waals surface area contributed by atoms with Gasteiger partial charge in [-0.3, -0.25) is 14.9 Å². The lowest BCUT2D eigenvalue weighted by molar-refractivity contribution is -0.117. The van der Waals surface area contributed by atoms with Crippen molar-refractivity contribution >= 4 is 35.3 Å². The van der Waals surface area contributed by atoms with Gasteiger partial charge in [0.05, 0.1) is 5.92 Å². The lowest BCUT2D eigenvalue weighted by Crippen LogP contribution is -2.24. The van der Waals surface area contributed by atoms with E-state index in [2.05, 4.69) is 15.5 Å². The maximum Gasteiger partial charge on any atom is 0.322 e. The van der Waals surface area contributed by atoms with Gasteiger partial charge in [-0.2, -0.15) is 0 Å². The van der Waals surface area contributed by atoms with Crippen LogP contribution < -0.4 is 10.2 Å². The highest BCUT2D eigenvalue weighted by Gasteiger charge is 2.35. The summed E-state index contributed by atoms with van der Waals surface area (Å²) < 4.78 is 5.60. The third kappa shape index (κ3) is 4.83. The zero-order valence-electron chi connectivity index (χ0n) is 15.7. The molecule has 2 aromatic carbocycles. The molecule has 0 saturated carbocycles. The minimum absolute atomic E-state index is 0.0166. The molecule has 8 heteroatoms. The van der Waals surface area contributed by atoms with Gasteiger partial charge in [-0.15, -0.1) is 16.9 Å². The summed E-state index contributed by atoms with van der Waals surface area (Å²) in [6, 6.07) is 19.5. The maximum atomic E-state index is 12.3. The molecule has 0 bridgehead atoms. The third-order valence-electron chi connectivity index (χ3n) is 4.57. The number of thioether (sulfide) groups is 1. The zero-order chi connectivity index (χ0) is 20.1. The Morgan fingerprint density at radius 1 is 1.10 bits per heavy atom. The van der Waals surface area contributed by atoms with Crippen LogP contribution >= 0.6 is 11.8 Å². The van der Waals surface area contributed by atoms with Crippen LogP contribution in [0.25, 0.3) is 0 Å². The molecule has 7 nitrogen and oxygen atoms in total. The van der Waals surface area contributed by atoms with Gasteiger partial charge >= 0.3 is 6.01 Å². The van der Waals surface area contributed by atoms with Crippen LogP contribution in [0.1, 0.15) is 24.7 Å². The first-order valence-corrected chi connectivity index (χ1v) is 10.3. The molecule has 0 radical (unpaired) electrons. The van der Waals surface area contributed by atoms with E-state index in [1.54, 1.807) is 16.7 Å². The Kier molecular flexibility index (Phi) is 5.90. The van der Waals surface area contributed by atoms with Gasteiger partial charge in [-0.25, -0.2) is 0 Å². The van der Waals surface area contributed by atoms with Crippen molar-refractivity contribution in [2.75, 3.05) is 22.5 Å². The molecule has 3 aromatic rings. The third-order valence-corrected chi connectivity index (χ3v) is 5.58. The molecule has 1 fully saturated rings. The predicted octanol–water partition coefficient (Wildman–Crippen LogP) is 3.71. The van der Waals surface area contributed by atoms with E-state index in [9.17, 15) is 9.59 Å². The molecule has 1 unspecified atom stereocenters. The van der Waals surface area contributed by atoms with Crippen LogP contribution in [0.5, 0.6) is 0 Å². The van der Waals surface area contributed by atoms with Crippen molar-refractivity contribution in [1.82, 2.24) is 10.2 Å². The van der Waals surface area contributed by atoms with E-state index in [1.807, 2.05) is 60.7 Å². The monoisotopic (exact) mass is 408 g/mol. The Labute approximate surface area is 172 Å². The van der Waals surface area contributed by atoms with Gasteiger partial charge in [0.1, 0.15) is 0 Å². The number of carbonyl (C=O) groups excluding carboxylic acids is 2. The molecule has 1 saturated heterocycles. The summed E-state index contributed by atoms with van der Waals surface area (Å²) in [5, 5.41) is 10.6. The molecule has 0 aliphatic carbocycles. The normalized spacial score (nSPS) is 16.2. The molecule has 0 spiro atoms. The fraction of sp³-hybridized carbons (Fsp3) is 0.238. The summed E-state index contributed by atoms with van der Waals surface area (Å²) >= 11 is 1.61. The summed E-state index contributed by atoms with van der Waals surface area (Å²) in [5.41, 5.74) is 0.851. The first-order chi connectivity index (χ1) is 14.2. The minimum Gasteiger partial charge on any atom is -0.407 e. The Morgan fingerprint density at radius 2 is 1.83 bits per heavy atom. The first-order valence-electron chi connectivity index (χ1n) is 9.35. The van der Waals surface area contributed by atoms with Crippen LogP contribution in [0.4, 0.5) is 11.7 Å². The fourth-order valence-electron chi connectivity index (χ4n) is 3.14. The van der Waals surface area contributed by atoms with E-state index in [4.69, 9.17) is 4.42 Å². The highest BCUT2D eigenvalue weighted by atomic mass is 32.2. The molecule has 29 heavy (non-hydrogen) atoms. The number of carbonyl (C=O) groups is 2. The second-order valence-corrected chi connectivity index (χ2v) is 7.81. The average Bonchev–Trinajstić information content (AvgIpc) is 3.36. The molecular formula is C21H20N4O3S. The van der Waals surface area contributed by atoms with Crippen molar-refractivity contribution in [3.63, 3.8) is 0 Å². The molecule has 1 aliphatic heterocycles. The van der Waals surface area contributed by atoms with Crippen molar-refractivity contribution < 1.29 is 14.0 Å². The van der Waals surface area contributed by atoms with Gasteiger partial charge in [-0.05, 0) is 24.3 Å². The van der Waals surface area contributed by atoms with Crippen LogP contribution in [-0.2, 0) is 9.59 Å². The van der Waals surface area contributed by atoms with E-state index < -0.39 is 0 Å². The predicted molar refractivity (Wildman–Crippen MR) is 111 cm³/mol. The van der Waals surface area contributed by atoms with Crippen molar-refractivity contribution in [2.45, 2.75) is 23.7 Å². The van der Waals surface area contributed by atoms with E-state index >= 15 is 0 Å². The summed E-state index contributed by atoms with van der Waals surface area (Å²) in [6.07, 6.45) is 0.638. The number of anilines is 2. The largest absolute Gasteiger partial charge is 0.407 e. The average molecular weight is 408 g/mol. The quantitative estimate of drug-likeness (QED) is 0.600. The number of hydrogen-bond acceptors (Lipinski definition) is 6. The van der Waals surface area contributed by atoms with Crippen LogP contribution in [0.15, 0.2) is 70.0 Å². The molecule has 1 N–H and O–H groups in total. The van der Waals surface area contributed by atoms with Gasteiger partial charge in [0.15, 0.2) is 0 Å². The van der Waals surface area contributed by atoms with Crippen molar-refractivity contribution in [3.05, 3.63) is 66.6 Å². The van der Waals surface area contributed by atoms with Gasteiger partial charge in [-0.1, -0.05) is 41.5 Å². The topological polar surface area (TPSA) is 88.3 Å². The van der Waals surface area contributed by atoms with E-state index in [0.29, 0.717) is 31.0 Å². The minimum atomic E-state index is -0.186. The fourth-order valence-corrected chi connectivity index (χ4v) is 4.01. The van der Waals surface area contributed by atoms with Gasteiger partial charge in [0, 0.05) is 35.7 Å². The van der Waals surface area contributed by atoms with Gasteiger partial charge in [0.2, 0.25) is 17.7 Å². The molecular weight excluding hydrogens is 388 g/mol. The lowest BCUT2D eigenvalue weighted by Gasteiger charge is -2.15. The SMILES string of the molecule is O=C(CCSc1ccccc1)Nc1nnc(C2CC(=O)N(c3ccccc3)C2)o1. The van der Waals surface area contributed by atoms with Crippen LogP contribution in [0.2, 0.25) is 0 Å². The number of para-hydroxylation sites is 1. The van der Waals surface area contributed by atoms with Crippen LogP contribution in [-0.4, -0.2) is 34.3 Å². The van der Waals surface area contributed by atoms with Crippen LogP contribution in [0, 0.1) is 0 Å². The highest BCUT2D eigenvalue weighted by Crippen LogP contribution is 2.31. The summed E-state index contributed by atoms with van der Waals surface area (Å²) in [7, 11) is 0. The molecule has 1 atom stereocenters. The van der Waals surface area contributed by atoms with Crippen molar-refractivity contribution in [3.8, 4) is 0 Å². The standard InChI is InChI=1S/C21H20N4O3S/c26-18(11-12-29-17-9-5-2-6-10-17)22-21-24-23-20(28-21)15-13-19(27)25(14-15)16-7-3-1-4-8-16/h1-10,15H,11-14H2,(H,22,24,26). The smallest absolute Gasteiger partial charge is 0.322 e. The number of aromatic nitrogens is 2. The van der Waals surface area contributed by atoms with E-state index in [-0.39, 0.29) is 23.7 Å². The molecule has 4 rings (SSSR count).